The van der Waals surface area contributed by atoms with Crippen LogP contribution >= 0.6 is 0 Å². The van der Waals surface area contributed by atoms with Crippen LogP contribution in [0.4, 0.5) is 19.3 Å². The number of anilines is 1. The fourth-order valence-electron chi connectivity index (χ4n) is 4.76. The van der Waals surface area contributed by atoms with Crippen molar-refractivity contribution in [3.8, 4) is 5.75 Å². The Bertz CT molecular complexity index is 1090. The van der Waals surface area contributed by atoms with Crippen molar-refractivity contribution in [2.45, 2.75) is 18.6 Å². The molecule has 2 aliphatic rings. The molecule has 0 aromatic heterocycles. The van der Waals surface area contributed by atoms with Gasteiger partial charge in [0.1, 0.15) is 29.5 Å². The van der Waals surface area contributed by atoms with Crippen LogP contribution in [-0.2, 0) is 9.59 Å². The number of piperidine rings is 1. The molecule has 0 saturated carbocycles. The highest BCUT2D eigenvalue weighted by molar-refractivity contribution is 5.92. The van der Waals surface area contributed by atoms with Crippen molar-refractivity contribution in [1.82, 2.24) is 15.3 Å². The van der Waals surface area contributed by atoms with Gasteiger partial charge in [-0.3, -0.25) is 19.7 Å². The molecule has 2 aromatic carbocycles. The molecule has 2 aromatic rings. The van der Waals surface area contributed by atoms with E-state index in [2.05, 4.69) is 4.90 Å². The number of likely N-dealkylation sites (tertiary alicyclic amines) is 1. The van der Waals surface area contributed by atoms with Crippen LogP contribution < -0.4 is 15.1 Å². The Hall–Kier alpha value is -3.93. The van der Waals surface area contributed by atoms with Gasteiger partial charge in [-0.1, -0.05) is 18.2 Å². The minimum atomic E-state index is -1.47. The first kappa shape index (κ1) is 25.2. The number of rotatable bonds is 5. The zero-order chi connectivity index (χ0) is 25.8. The molecule has 0 bridgehead atoms. The number of hydrogen-bond donors (Lipinski definition) is 3. The van der Waals surface area contributed by atoms with Gasteiger partial charge in [-0.25, -0.2) is 19.1 Å². The molecular formula is C24H26F2N4O6. The fraction of sp³-hybridized carbons (Fsp3) is 0.375. The largest absolute Gasteiger partial charge is 0.488 e. The van der Waals surface area contributed by atoms with Crippen LogP contribution in [0.1, 0.15) is 6.42 Å². The normalized spacial score (nSPS) is 22.2. The third-order valence-corrected chi connectivity index (χ3v) is 6.43. The van der Waals surface area contributed by atoms with E-state index in [1.807, 2.05) is 30.3 Å². The first-order chi connectivity index (χ1) is 17.3. The second-order valence-corrected chi connectivity index (χ2v) is 8.69. The van der Waals surface area contributed by atoms with Crippen molar-refractivity contribution in [3.05, 3.63) is 60.2 Å². The number of amides is 3. The van der Waals surface area contributed by atoms with Gasteiger partial charge in [-0.2, -0.15) is 0 Å². The van der Waals surface area contributed by atoms with E-state index in [4.69, 9.17) is 4.74 Å². The number of hydrogen-bond acceptors (Lipinski definition) is 6. The molecular weight excluding hydrogens is 478 g/mol. The number of ether oxygens (including phenoxy) is 1. The SMILES string of the molecule is O=C(NO)[C@H]1C[C@H](Oc2cc(F)cc(F)c2)CN(C(=O)O)[C@@H]1C(=O)N1CCN(c2ccccc2)CC1. The van der Waals surface area contributed by atoms with Gasteiger partial charge in [-0.15, -0.1) is 0 Å². The van der Waals surface area contributed by atoms with E-state index in [0.29, 0.717) is 32.2 Å². The van der Waals surface area contributed by atoms with E-state index in [9.17, 15) is 33.5 Å². The van der Waals surface area contributed by atoms with Gasteiger partial charge in [0.2, 0.25) is 11.8 Å². The summed E-state index contributed by atoms with van der Waals surface area (Å²) in [6.07, 6.45) is -2.62. The van der Waals surface area contributed by atoms with E-state index in [1.54, 1.807) is 0 Å². The lowest BCUT2D eigenvalue weighted by molar-refractivity contribution is -0.150. The number of carboxylic acid groups (broad SMARTS) is 1. The molecule has 4 rings (SSSR count). The van der Waals surface area contributed by atoms with Crippen LogP contribution in [0.3, 0.4) is 0 Å². The summed E-state index contributed by atoms with van der Waals surface area (Å²) < 4.78 is 32.7. The molecule has 0 unspecified atom stereocenters. The molecule has 2 heterocycles. The Morgan fingerprint density at radius 2 is 1.61 bits per heavy atom. The number of carbonyl (C=O) groups excluding carboxylic acids is 2. The average molecular weight is 504 g/mol. The number of halogens is 2. The van der Waals surface area contributed by atoms with Crippen LogP contribution in [0.25, 0.3) is 0 Å². The molecule has 12 heteroatoms. The highest BCUT2D eigenvalue weighted by atomic mass is 19.1. The maximum Gasteiger partial charge on any atom is 0.408 e. The Morgan fingerprint density at radius 1 is 0.972 bits per heavy atom. The van der Waals surface area contributed by atoms with Crippen LogP contribution in [0.5, 0.6) is 5.75 Å². The zero-order valence-corrected chi connectivity index (χ0v) is 19.2. The molecule has 2 aliphatic heterocycles. The number of para-hydroxylation sites is 1. The lowest BCUT2D eigenvalue weighted by Crippen LogP contribution is -2.64. The number of nitrogens with one attached hydrogen (secondary N) is 1. The molecule has 2 fully saturated rings. The zero-order valence-electron chi connectivity index (χ0n) is 19.2. The lowest BCUT2D eigenvalue weighted by atomic mass is 9.86. The summed E-state index contributed by atoms with van der Waals surface area (Å²) >= 11 is 0. The third kappa shape index (κ3) is 5.48. The molecule has 2 saturated heterocycles. The average Bonchev–Trinajstić information content (AvgIpc) is 2.87. The monoisotopic (exact) mass is 504 g/mol. The number of hydroxylamine groups is 1. The summed E-state index contributed by atoms with van der Waals surface area (Å²) in [5.74, 6) is -4.77. The van der Waals surface area contributed by atoms with Gasteiger partial charge >= 0.3 is 6.09 Å². The van der Waals surface area contributed by atoms with Crippen molar-refractivity contribution in [2.75, 3.05) is 37.6 Å². The standard InChI is InChI=1S/C24H26F2N4O6/c25-15-10-16(26)12-18(11-15)36-19-13-20(22(31)27-35)21(30(14-19)24(33)34)23(32)29-8-6-28(7-9-29)17-4-2-1-3-5-17/h1-5,10-12,19-21,35H,6-9,13-14H2,(H,27,31)(H,33,34)/t19-,20-,21-/m0/s1. The molecule has 3 atom stereocenters. The first-order valence-corrected chi connectivity index (χ1v) is 11.4. The minimum Gasteiger partial charge on any atom is -0.488 e. The first-order valence-electron chi connectivity index (χ1n) is 11.4. The summed E-state index contributed by atoms with van der Waals surface area (Å²) in [6, 6.07) is 10.8. The topological polar surface area (TPSA) is 123 Å². The molecule has 3 N–H and O–H groups in total. The van der Waals surface area contributed by atoms with Gasteiger partial charge in [-0.05, 0) is 12.1 Å². The lowest BCUT2D eigenvalue weighted by Gasteiger charge is -2.44. The number of piperazine rings is 1. The molecule has 0 spiro atoms. The molecule has 10 nitrogen and oxygen atoms in total. The summed E-state index contributed by atoms with van der Waals surface area (Å²) in [5, 5.41) is 19.2. The highest BCUT2D eigenvalue weighted by Gasteiger charge is 2.48. The molecule has 0 aliphatic carbocycles. The Morgan fingerprint density at radius 3 is 2.19 bits per heavy atom. The van der Waals surface area contributed by atoms with Crippen LogP contribution in [0.15, 0.2) is 48.5 Å². The Kier molecular flexibility index (Phi) is 7.53. The molecule has 3 amide bonds. The number of benzene rings is 2. The summed E-state index contributed by atoms with van der Waals surface area (Å²) in [4.78, 5) is 42.6. The Labute approximate surface area is 205 Å². The van der Waals surface area contributed by atoms with Crippen molar-refractivity contribution in [3.63, 3.8) is 0 Å². The fourth-order valence-corrected chi connectivity index (χ4v) is 4.76. The van der Waals surface area contributed by atoms with E-state index in [-0.39, 0.29) is 18.7 Å². The van der Waals surface area contributed by atoms with Crippen molar-refractivity contribution < 1.29 is 38.2 Å². The van der Waals surface area contributed by atoms with E-state index >= 15 is 0 Å². The Balaban J connectivity index is 1.52. The third-order valence-electron chi connectivity index (χ3n) is 6.43. The minimum absolute atomic E-state index is 0.158. The van der Waals surface area contributed by atoms with Crippen molar-refractivity contribution in [1.29, 1.82) is 0 Å². The van der Waals surface area contributed by atoms with E-state index < -0.39 is 47.6 Å². The smallest absolute Gasteiger partial charge is 0.408 e. The summed E-state index contributed by atoms with van der Waals surface area (Å²) in [5.41, 5.74) is 2.50. The van der Waals surface area contributed by atoms with Gasteiger partial charge in [0.05, 0.1) is 12.5 Å². The van der Waals surface area contributed by atoms with Crippen LogP contribution in [0, 0.1) is 17.6 Å². The quantitative estimate of drug-likeness (QED) is 0.420. The molecule has 0 radical (unpaired) electrons. The van der Waals surface area contributed by atoms with Crippen LogP contribution in [-0.4, -0.2) is 82.9 Å². The second kappa shape index (κ2) is 10.8. The number of nitrogens with zero attached hydrogens (tertiary/aromatic N) is 3. The van der Waals surface area contributed by atoms with Gasteiger partial charge in [0.25, 0.3) is 0 Å². The molecule has 192 valence electrons. The van der Waals surface area contributed by atoms with Gasteiger partial charge < -0.3 is 19.6 Å². The maximum absolute atomic E-state index is 13.6. The predicted molar refractivity (Wildman–Crippen MR) is 123 cm³/mol. The highest BCUT2D eigenvalue weighted by Crippen LogP contribution is 2.30. The van der Waals surface area contributed by atoms with Crippen LogP contribution in [0.2, 0.25) is 0 Å². The number of carbonyl (C=O) groups is 3. The predicted octanol–water partition coefficient (Wildman–Crippen LogP) is 1.93. The summed E-state index contributed by atoms with van der Waals surface area (Å²) in [6.45, 7) is 1.34. The summed E-state index contributed by atoms with van der Waals surface area (Å²) in [7, 11) is 0. The van der Waals surface area contributed by atoms with Crippen molar-refractivity contribution >= 4 is 23.6 Å². The van der Waals surface area contributed by atoms with Crippen molar-refractivity contribution in [2.24, 2.45) is 5.92 Å². The second-order valence-electron chi connectivity index (χ2n) is 8.69. The van der Waals surface area contributed by atoms with Gasteiger partial charge in [0, 0.05) is 56.5 Å². The van der Waals surface area contributed by atoms with E-state index in [0.717, 1.165) is 22.7 Å². The maximum atomic E-state index is 13.6. The van der Waals surface area contributed by atoms with Gasteiger partial charge in [0.15, 0.2) is 0 Å². The van der Waals surface area contributed by atoms with E-state index in [1.165, 1.54) is 10.4 Å². The molecule has 36 heavy (non-hydrogen) atoms.